The molecule has 0 aliphatic heterocycles. The van der Waals surface area contributed by atoms with Crippen LogP contribution in [0.4, 0.5) is 0 Å². The predicted molar refractivity (Wildman–Crippen MR) is 90.0 cm³/mol. The molecule has 0 spiro atoms. The summed E-state index contributed by atoms with van der Waals surface area (Å²) < 4.78 is 0. The summed E-state index contributed by atoms with van der Waals surface area (Å²) in [5.74, 6) is 3.71. The van der Waals surface area contributed by atoms with Crippen molar-refractivity contribution >= 4 is 0 Å². The van der Waals surface area contributed by atoms with Gasteiger partial charge < -0.3 is 0 Å². The Hall–Kier alpha value is -0.520. The lowest BCUT2D eigenvalue weighted by Crippen LogP contribution is -2.49. The van der Waals surface area contributed by atoms with Crippen LogP contribution in [-0.2, 0) is 0 Å². The molecule has 4 aliphatic carbocycles. The van der Waals surface area contributed by atoms with Gasteiger partial charge in [0.1, 0.15) is 0 Å². The standard InChI is InChI=1S/C21H32/c1-4-15-9-11-18-17-10-8-16-7-5-6-13-20(16,2)19(17)12-14-21(15,18)3/h4,8,15,17-19H,1,5-7,9-14H2,2-3H3/t15-,17+,18+,19+,20+,21-/m1/s1. The SMILES string of the molecule is C=C[C@@H]1CC[C@H]2[C@@H]3CC=C4CCCC[C@]4(C)[C@H]3CC[C@]12C. The molecule has 0 heteroatoms. The van der Waals surface area contributed by atoms with Gasteiger partial charge in [-0.2, -0.15) is 0 Å². The van der Waals surface area contributed by atoms with Crippen LogP contribution >= 0.6 is 0 Å². The lowest BCUT2D eigenvalue weighted by molar-refractivity contribution is -0.0346. The average molecular weight is 284 g/mol. The van der Waals surface area contributed by atoms with Crippen molar-refractivity contribution in [1.82, 2.24) is 0 Å². The molecule has 6 atom stereocenters. The molecule has 0 aromatic heterocycles. The summed E-state index contributed by atoms with van der Waals surface area (Å²) >= 11 is 0. The highest BCUT2D eigenvalue weighted by molar-refractivity contribution is 5.24. The van der Waals surface area contributed by atoms with Gasteiger partial charge in [-0.05, 0) is 85.9 Å². The number of fused-ring (bicyclic) bond motifs is 5. The lowest BCUT2D eigenvalue weighted by atomic mass is 9.47. The van der Waals surface area contributed by atoms with Gasteiger partial charge in [0.05, 0.1) is 0 Å². The molecule has 0 unspecified atom stereocenters. The Morgan fingerprint density at radius 3 is 2.76 bits per heavy atom. The summed E-state index contributed by atoms with van der Waals surface area (Å²) in [5.41, 5.74) is 2.98. The van der Waals surface area contributed by atoms with Crippen molar-refractivity contribution in [2.75, 3.05) is 0 Å². The molecule has 4 aliphatic rings. The van der Waals surface area contributed by atoms with Crippen molar-refractivity contribution in [1.29, 1.82) is 0 Å². The van der Waals surface area contributed by atoms with Gasteiger partial charge in [0.2, 0.25) is 0 Å². The van der Waals surface area contributed by atoms with Gasteiger partial charge >= 0.3 is 0 Å². The van der Waals surface area contributed by atoms with Crippen LogP contribution in [0.15, 0.2) is 24.3 Å². The van der Waals surface area contributed by atoms with Crippen molar-refractivity contribution in [2.45, 2.75) is 71.6 Å². The van der Waals surface area contributed by atoms with E-state index in [1.165, 1.54) is 57.8 Å². The van der Waals surface area contributed by atoms with Gasteiger partial charge in [-0.15, -0.1) is 6.58 Å². The molecule has 0 heterocycles. The van der Waals surface area contributed by atoms with Crippen molar-refractivity contribution in [3.63, 3.8) is 0 Å². The predicted octanol–water partition coefficient (Wildman–Crippen LogP) is 6.14. The molecule has 0 saturated heterocycles. The quantitative estimate of drug-likeness (QED) is 0.507. The van der Waals surface area contributed by atoms with Gasteiger partial charge in [0, 0.05) is 0 Å². The van der Waals surface area contributed by atoms with Crippen LogP contribution in [0, 0.1) is 34.5 Å². The summed E-state index contributed by atoms with van der Waals surface area (Å²) in [6.07, 6.45) is 17.9. The topological polar surface area (TPSA) is 0 Å². The highest BCUT2D eigenvalue weighted by Crippen LogP contribution is 2.66. The summed E-state index contributed by atoms with van der Waals surface area (Å²) in [7, 11) is 0. The van der Waals surface area contributed by atoms with E-state index in [-0.39, 0.29) is 0 Å². The molecule has 21 heavy (non-hydrogen) atoms. The molecule has 0 aromatic carbocycles. The van der Waals surface area contributed by atoms with E-state index in [1.807, 2.05) is 5.57 Å². The second-order valence-electron chi connectivity index (χ2n) is 8.93. The van der Waals surface area contributed by atoms with Gasteiger partial charge in [-0.3, -0.25) is 0 Å². The van der Waals surface area contributed by atoms with E-state index in [0.717, 1.165) is 23.7 Å². The van der Waals surface area contributed by atoms with Crippen molar-refractivity contribution in [3.8, 4) is 0 Å². The molecular formula is C21H32. The third-order valence-electron chi connectivity index (χ3n) is 8.38. The van der Waals surface area contributed by atoms with Crippen LogP contribution in [0.25, 0.3) is 0 Å². The molecule has 0 bridgehead atoms. The Morgan fingerprint density at radius 2 is 1.95 bits per heavy atom. The van der Waals surface area contributed by atoms with Gasteiger partial charge in [0.25, 0.3) is 0 Å². The lowest BCUT2D eigenvalue weighted by Gasteiger charge is -2.57. The minimum absolute atomic E-state index is 0.564. The fourth-order valence-corrected chi connectivity index (χ4v) is 7.13. The van der Waals surface area contributed by atoms with E-state index in [1.54, 1.807) is 0 Å². The normalized spacial score (nSPS) is 52.4. The Labute approximate surface area is 131 Å². The number of hydrogen-bond acceptors (Lipinski definition) is 0. The second kappa shape index (κ2) is 4.74. The summed E-state index contributed by atoms with van der Waals surface area (Å²) in [6.45, 7) is 9.37. The van der Waals surface area contributed by atoms with Crippen LogP contribution in [0.3, 0.4) is 0 Å². The highest BCUT2D eigenvalue weighted by Gasteiger charge is 2.57. The van der Waals surface area contributed by atoms with Crippen LogP contribution < -0.4 is 0 Å². The molecular weight excluding hydrogens is 252 g/mol. The molecule has 0 nitrogen and oxygen atoms in total. The molecule has 4 rings (SSSR count). The average Bonchev–Trinajstić information content (AvgIpc) is 2.83. The zero-order valence-electron chi connectivity index (χ0n) is 14.0. The van der Waals surface area contributed by atoms with E-state index in [0.29, 0.717) is 10.8 Å². The number of hydrogen-bond donors (Lipinski definition) is 0. The Balaban J connectivity index is 1.69. The van der Waals surface area contributed by atoms with Crippen molar-refractivity contribution in [3.05, 3.63) is 24.3 Å². The third-order valence-corrected chi connectivity index (χ3v) is 8.38. The zero-order chi connectivity index (χ0) is 14.7. The molecule has 3 fully saturated rings. The smallest absolute Gasteiger partial charge is 0.00853 e. The van der Waals surface area contributed by atoms with Gasteiger partial charge in [0.15, 0.2) is 0 Å². The van der Waals surface area contributed by atoms with E-state index in [2.05, 4.69) is 32.6 Å². The third kappa shape index (κ3) is 1.80. The molecule has 0 aromatic rings. The largest absolute Gasteiger partial charge is 0.103 e. The van der Waals surface area contributed by atoms with Crippen LogP contribution in [0.2, 0.25) is 0 Å². The zero-order valence-corrected chi connectivity index (χ0v) is 14.0. The Bertz CT molecular complexity index is 472. The first-order valence-electron chi connectivity index (χ1n) is 9.41. The number of allylic oxidation sites excluding steroid dienone is 3. The Morgan fingerprint density at radius 1 is 1.10 bits per heavy atom. The van der Waals surface area contributed by atoms with Crippen LogP contribution in [0.1, 0.15) is 71.6 Å². The van der Waals surface area contributed by atoms with Crippen LogP contribution in [0.5, 0.6) is 0 Å². The summed E-state index contributed by atoms with van der Waals surface area (Å²) in [4.78, 5) is 0. The molecule has 0 radical (unpaired) electrons. The van der Waals surface area contributed by atoms with E-state index in [9.17, 15) is 0 Å². The van der Waals surface area contributed by atoms with Crippen LogP contribution in [-0.4, -0.2) is 0 Å². The summed E-state index contributed by atoms with van der Waals surface area (Å²) in [5, 5.41) is 0. The van der Waals surface area contributed by atoms with Crippen molar-refractivity contribution in [2.24, 2.45) is 34.5 Å². The fourth-order valence-electron chi connectivity index (χ4n) is 7.13. The fraction of sp³-hybridized carbons (Fsp3) is 0.810. The maximum atomic E-state index is 4.15. The van der Waals surface area contributed by atoms with E-state index < -0.39 is 0 Å². The molecule has 3 saturated carbocycles. The van der Waals surface area contributed by atoms with Crippen molar-refractivity contribution < 1.29 is 0 Å². The summed E-state index contributed by atoms with van der Waals surface area (Å²) in [6, 6.07) is 0. The first-order valence-corrected chi connectivity index (χ1v) is 9.41. The monoisotopic (exact) mass is 284 g/mol. The van der Waals surface area contributed by atoms with Gasteiger partial charge in [-0.25, -0.2) is 0 Å². The molecule has 116 valence electrons. The maximum Gasteiger partial charge on any atom is -0.00853 e. The van der Waals surface area contributed by atoms with E-state index >= 15 is 0 Å². The molecule has 0 amide bonds. The highest BCUT2D eigenvalue weighted by atomic mass is 14.6. The van der Waals surface area contributed by atoms with E-state index in [4.69, 9.17) is 0 Å². The number of rotatable bonds is 1. The minimum Gasteiger partial charge on any atom is -0.103 e. The Kier molecular flexibility index (Phi) is 3.18. The minimum atomic E-state index is 0.564. The molecule has 0 N–H and O–H groups in total. The first kappa shape index (κ1) is 14.1. The first-order chi connectivity index (χ1) is 10.1. The second-order valence-corrected chi connectivity index (χ2v) is 8.93. The van der Waals surface area contributed by atoms with Gasteiger partial charge in [-0.1, -0.05) is 38.0 Å². The maximum absolute atomic E-state index is 4.15.